The van der Waals surface area contributed by atoms with Crippen molar-refractivity contribution in [1.82, 2.24) is 0 Å². The van der Waals surface area contributed by atoms with Crippen LogP contribution in [0.15, 0.2) is 29.3 Å². The van der Waals surface area contributed by atoms with Crippen molar-refractivity contribution in [3.8, 4) is 5.75 Å². The van der Waals surface area contributed by atoms with Crippen LogP contribution < -0.4 is 0 Å². The van der Waals surface area contributed by atoms with Crippen LogP contribution in [0.1, 0.15) is 12.5 Å². The topological polar surface area (TPSA) is 52.8 Å². The predicted molar refractivity (Wildman–Crippen MR) is 52.2 cm³/mol. The Kier molecular flexibility index (Phi) is 3.46. The first-order valence-corrected chi connectivity index (χ1v) is 4.16. The fourth-order valence-electron chi connectivity index (χ4n) is 0.851. The minimum Gasteiger partial charge on any atom is -0.507 e. The minimum absolute atomic E-state index is 0.0180. The normalized spacial score (nSPS) is 13.4. The van der Waals surface area contributed by atoms with E-state index >= 15 is 0 Å². The Hall–Kier alpha value is -1.35. The summed E-state index contributed by atoms with van der Waals surface area (Å²) in [4.78, 5) is 4.04. The van der Waals surface area contributed by atoms with Gasteiger partial charge in [-0.25, -0.2) is 0 Å². The molecule has 3 nitrogen and oxygen atoms in total. The van der Waals surface area contributed by atoms with Crippen LogP contribution in [-0.4, -0.2) is 29.1 Å². The second kappa shape index (κ2) is 4.62. The Balaban J connectivity index is 2.74. The van der Waals surface area contributed by atoms with Gasteiger partial charge in [-0.1, -0.05) is 12.1 Å². The molecule has 1 atom stereocenters. The van der Waals surface area contributed by atoms with Crippen molar-refractivity contribution in [2.75, 3.05) is 6.61 Å². The fraction of sp³-hybridized carbons (Fsp3) is 0.300. The van der Waals surface area contributed by atoms with E-state index in [2.05, 4.69) is 4.99 Å². The van der Waals surface area contributed by atoms with E-state index in [1.54, 1.807) is 31.3 Å². The molecule has 0 aromatic heterocycles. The van der Waals surface area contributed by atoms with Crippen molar-refractivity contribution in [2.24, 2.45) is 4.99 Å². The van der Waals surface area contributed by atoms with Gasteiger partial charge in [0, 0.05) is 11.8 Å². The average Bonchev–Trinajstić information content (AvgIpc) is 2.16. The summed E-state index contributed by atoms with van der Waals surface area (Å²) in [6.07, 6.45) is 1.57. The van der Waals surface area contributed by atoms with E-state index in [0.29, 0.717) is 5.56 Å². The molecule has 0 unspecified atom stereocenters. The highest BCUT2D eigenvalue weighted by Gasteiger charge is 1.96. The third kappa shape index (κ3) is 2.87. The van der Waals surface area contributed by atoms with Gasteiger partial charge in [-0.2, -0.15) is 0 Å². The van der Waals surface area contributed by atoms with Gasteiger partial charge in [0.15, 0.2) is 0 Å². The van der Waals surface area contributed by atoms with Gasteiger partial charge in [0.05, 0.1) is 12.6 Å². The summed E-state index contributed by atoms with van der Waals surface area (Å²) in [6.45, 7) is 1.82. The first kappa shape index (κ1) is 9.74. The Bertz CT molecular complexity index is 297. The number of aliphatic imine (C=N–C) groups is 1. The van der Waals surface area contributed by atoms with Gasteiger partial charge in [-0.3, -0.25) is 4.99 Å². The number of rotatable bonds is 3. The molecule has 0 spiro atoms. The van der Waals surface area contributed by atoms with Crippen LogP contribution in [0.4, 0.5) is 0 Å². The molecule has 3 heteroatoms. The maximum atomic E-state index is 9.34. The van der Waals surface area contributed by atoms with Gasteiger partial charge in [0.25, 0.3) is 0 Å². The molecule has 0 heterocycles. The molecule has 0 radical (unpaired) electrons. The summed E-state index contributed by atoms with van der Waals surface area (Å²) in [6, 6.07) is 6.82. The number of aliphatic hydroxyl groups is 1. The molecule has 13 heavy (non-hydrogen) atoms. The Morgan fingerprint density at radius 2 is 2.15 bits per heavy atom. The molecule has 0 amide bonds. The van der Waals surface area contributed by atoms with E-state index < -0.39 is 0 Å². The highest BCUT2D eigenvalue weighted by Crippen LogP contribution is 2.12. The van der Waals surface area contributed by atoms with E-state index in [-0.39, 0.29) is 18.4 Å². The van der Waals surface area contributed by atoms with Crippen LogP contribution in [0.2, 0.25) is 0 Å². The molecule has 1 aromatic carbocycles. The number of benzene rings is 1. The van der Waals surface area contributed by atoms with Crippen LogP contribution in [-0.2, 0) is 0 Å². The third-order valence-electron chi connectivity index (χ3n) is 1.67. The van der Waals surface area contributed by atoms with Crippen LogP contribution in [0.5, 0.6) is 5.75 Å². The summed E-state index contributed by atoms with van der Waals surface area (Å²) >= 11 is 0. The standard InChI is InChI=1S/C10H13NO2/c1-8(7-12)11-6-9-4-2-3-5-10(9)13/h2-6,8,12-13H,7H2,1H3/t8-/m1/s1. The average molecular weight is 179 g/mol. The van der Waals surface area contributed by atoms with Crippen LogP contribution in [0.25, 0.3) is 0 Å². The molecule has 0 bridgehead atoms. The number of phenolic OH excluding ortho intramolecular Hbond substituents is 1. The molecule has 70 valence electrons. The summed E-state index contributed by atoms with van der Waals surface area (Å²) in [5.74, 6) is 0.205. The SMILES string of the molecule is C[C@H](CO)N=Cc1ccccc1O. The monoisotopic (exact) mass is 179 g/mol. The predicted octanol–water partition coefficient (Wildman–Crippen LogP) is 1.19. The highest BCUT2D eigenvalue weighted by atomic mass is 16.3. The quantitative estimate of drug-likeness (QED) is 0.685. The maximum Gasteiger partial charge on any atom is 0.124 e. The fourth-order valence-corrected chi connectivity index (χ4v) is 0.851. The van der Waals surface area contributed by atoms with E-state index in [9.17, 15) is 5.11 Å². The first-order chi connectivity index (χ1) is 6.24. The Morgan fingerprint density at radius 3 is 2.77 bits per heavy atom. The molecule has 1 aromatic rings. The molecule has 0 saturated heterocycles. The van der Waals surface area contributed by atoms with E-state index in [1.807, 2.05) is 6.07 Å². The summed E-state index contributed by atoms with van der Waals surface area (Å²) in [5, 5.41) is 18.0. The largest absolute Gasteiger partial charge is 0.507 e. The molecular weight excluding hydrogens is 166 g/mol. The van der Waals surface area contributed by atoms with Crippen LogP contribution in [0.3, 0.4) is 0 Å². The maximum absolute atomic E-state index is 9.34. The van der Waals surface area contributed by atoms with Crippen molar-refractivity contribution in [1.29, 1.82) is 0 Å². The molecule has 0 aliphatic carbocycles. The Morgan fingerprint density at radius 1 is 1.46 bits per heavy atom. The van der Waals surface area contributed by atoms with Crippen molar-refractivity contribution in [3.63, 3.8) is 0 Å². The van der Waals surface area contributed by atoms with Crippen molar-refractivity contribution in [2.45, 2.75) is 13.0 Å². The summed E-state index contributed by atoms with van der Waals surface area (Å²) in [7, 11) is 0. The molecule has 0 saturated carbocycles. The second-order valence-electron chi connectivity index (χ2n) is 2.87. The number of para-hydroxylation sites is 1. The number of nitrogens with zero attached hydrogens (tertiary/aromatic N) is 1. The molecule has 1 rings (SSSR count). The highest BCUT2D eigenvalue weighted by molar-refractivity contribution is 5.83. The minimum atomic E-state index is -0.125. The molecule has 0 aliphatic rings. The lowest BCUT2D eigenvalue weighted by Crippen LogP contribution is -2.03. The van der Waals surface area contributed by atoms with E-state index in [1.165, 1.54) is 0 Å². The number of hydrogen-bond donors (Lipinski definition) is 2. The molecular formula is C10H13NO2. The summed E-state index contributed by atoms with van der Waals surface area (Å²) in [5.41, 5.74) is 0.669. The zero-order valence-corrected chi connectivity index (χ0v) is 7.51. The molecule has 2 N–H and O–H groups in total. The molecule has 0 aliphatic heterocycles. The van der Waals surface area contributed by atoms with Gasteiger partial charge in [0.1, 0.15) is 5.75 Å². The van der Waals surface area contributed by atoms with Crippen LogP contribution in [0, 0.1) is 0 Å². The zero-order valence-electron chi connectivity index (χ0n) is 7.51. The lowest BCUT2D eigenvalue weighted by molar-refractivity contribution is 0.275. The van der Waals surface area contributed by atoms with E-state index in [0.717, 1.165) is 0 Å². The smallest absolute Gasteiger partial charge is 0.124 e. The van der Waals surface area contributed by atoms with Crippen molar-refractivity contribution < 1.29 is 10.2 Å². The molecule has 0 fully saturated rings. The van der Waals surface area contributed by atoms with Crippen molar-refractivity contribution >= 4 is 6.21 Å². The number of aromatic hydroxyl groups is 1. The summed E-state index contributed by atoms with van der Waals surface area (Å²) < 4.78 is 0. The van der Waals surface area contributed by atoms with Gasteiger partial charge in [-0.15, -0.1) is 0 Å². The van der Waals surface area contributed by atoms with Crippen molar-refractivity contribution in [3.05, 3.63) is 29.8 Å². The third-order valence-corrected chi connectivity index (χ3v) is 1.67. The number of phenols is 1. The van der Waals surface area contributed by atoms with Gasteiger partial charge < -0.3 is 10.2 Å². The lowest BCUT2D eigenvalue weighted by Gasteiger charge is -2.00. The number of aliphatic hydroxyl groups excluding tert-OH is 1. The lowest BCUT2D eigenvalue weighted by atomic mass is 10.2. The zero-order chi connectivity index (χ0) is 9.68. The Labute approximate surface area is 77.4 Å². The van der Waals surface area contributed by atoms with Gasteiger partial charge in [0.2, 0.25) is 0 Å². The van der Waals surface area contributed by atoms with Crippen LogP contribution >= 0.6 is 0 Å². The van der Waals surface area contributed by atoms with Gasteiger partial charge >= 0.3 is 0 Å². The van der Waals surface area contributed by atoms with Gasteiger partial charge in [-0.05, 0) is 19.1 Å². The number of hydrogen-bond acceptors (Lipinski definition) is 3. The van der Waals surface area contributed by atoms with E-state index in [4.69, 9.17) is 5.11 Å². The first-order valence-electron chi connectivity index (χ1n) is 4.16. The second-order valence-corrected chi connectivity index (χ2v) is 2.87.